The third-order valence-electron chi connectivity index (χ3n) is 7.75. The topological polar surface area (TPSA) is 68.7 Å². The van der Waals surface area contributed by atoms with Crippen LogP contribution < -0.4 is 10.5 Å². The van der Waals surface area contributed by atoms with Crippen molar-refractivity contribution in [1.29, 1.82) is 0 Å². The van der Waals surface area contributed by atoms with E-state index in [0.29, 0.717) is 18.3 Å². The van der Waals surface area contributed by atoms with Crippen molar-refractivity contribution in [3.8, 4) is 17.0 Å². The van der Waals surface area contributed by atoms with Crippen molar-refractivity contribution in [3.63, 3.8) is 0 Å². The van der Waals surface area contributed by atoms with Crippen LogP contribution in [0.1, 0.15) is 49.9 Å². The number of rotatable bonds is 7. The summed E-state index contributed by atoms with van der Waals surface area (Å²) in [6.07, 6.45) is 8.83. The standard InChI is InChI=1S/C29H33N5O/c1-20-7-6-13-33(20)18-22-15-24(16-22)29-32-26(27-28(30)31-12-14-34(27)29)23-10-5-11-25(17-23)35-19-21-8-3-2-4-9-21/h2-5,8-12,14,17,20,22,24H,6-7,13,15-16,18-19H2,1H3,(H2,30,31). The lowest BCUT2D eigenvalue weighted by molar-refractivity contribution is 0.151. The third kappa shape index (κ3) is 4.39. The van der Waals surface area contributed by atoms with Crippen molar-refractivity contribution in [2.45, 2.75) is 51.2 Å². The highest BCUT2D eigenvalue weighted by molar-refractivity contribution is 5.85. The molecule has 1 unspecified atom stereocenters. The highest BCUT2D eigenvalue weighted by atomic mass is 16.5. The number of hydrogen-bond donors (Lipinski definition) is 1. The van der Waals surface area contributed by atoms with E-state index in [1.54, 1.807) is 6.20 Å². The molecule has 6 heteroatoms. The Kier molecular flexibility index (Phi) is 5.90. The monoisotopic (exact) mass is 467 g/mol. The summed E-state index contributed by atoms with van der Waals surface area (Å²) >= 11 is 0. The average molecular weight is 468 g/mol. The molecule has 1 aliphatic carbocycles. The fourth-order valence-corrected chi connectivity index (χ4v) is 5.74. The number of ether oxygens (including phenoxy) is 1. The molecule has 2 fully saturated rings. The van der Waals surface area contributed by atoms with Gasteiger partial charge in [0.1, 0.15) is 35.2 Å². The van der Waals surface area contributed by atoms with Crippen LogP contribution in [0.25, 0.3) is 16.8 Å². The van der Waals surface area contributed by atoms with Crippen molar-refractivity contribution < 1.29 is 4.74 Å². The van der Waals surface area contributed by atoms with Crippen molar-refractivity contribution in [3.05, 3.63) is 78.4 Å². The van der Waals surface area contributed by atoms with Crippen molar-refractivity contribution >= 4 is 11.3 Å². The van der Waals surface area contributed by atoms with Crippen LogP contribution in [-0.2, 0) is 6.61 Å². The summed E-state index contributed by atoms with van der Waals surface area (Å²) in [6.45, 7) is 5.37. The fourth-order valence-electron chi connectivity index (χ4n) is 5.74. The molecule has 2 N–H and O–H groups in total. The molecule has 1 aliphatic heterocycles. The number of hydrogen-bond acceptors (Lipinski definition) is 5. The first kappa shape index (κ1) is 22.1. The van der Waals surface area contributed by atoms with Crippen LogP contribution in [-0.4, -0.2) is 38.4 Å². The Morgan fingerprint density at radius 1 is 1.09 bits per heavy atom. The molecule has 6 nitrogen and oxygen atoms in total. The highest BCUT2D eigenvalue weighted by Gasteiger charge is 2.36. The van der Waals surface area contributed by atoms with Gasteiger partial charge in [-0.2, -0.15) is 0 Å². The predicted molar refractivity (Wildman–Crippen MR) is 139 cm³/mol. The molecule has 0 radical (unpaired) electrons. The van der Waals surface area contributed by atoms with E-state index in [4.69, 9.17) is 15.5 Å². The first-order chi connectivity index (χ1) is 17.2. The van der Waals surface area contributed by atoms with Gasteiger partial charge >= 0.3 is 0 Å². The molecular formula is C29H33N5O. The van der Waals surface area contributed by atoms with Gasteiger partial charge < -0.3 is 15.4 Å². The van der Waals surface area contributed by atoms with Gasteiger partial charge in [-0.3, -0.25) is 4.40 Å². The van der Waals surface area contributed by atoms with Crippen LogP contribution in [0, 0.1) is 5.92 Å². The molecule has 0 spiro atoms. The van der Waals surface area contributed by atoms with Gasteiger partial charge in [0, 0.05) is 36.5 Å². The molecule has 180 valence electrons. The molecule has 0 bridgehead atoms. The summed E-state index contributed by atoms with van der Waals surface area (Å²) in [6, 6.07) is 19.1. The smallest absolute Gasteiger partial charge is 0.150 e. The molecule has 3 heterocycles. The Morgan fingerprint density at radius 3 is 2.74 bits per heavy atom. The Labute approximate surface area is 206 Å². The van der Waals surface area contributed by atoms with Gasteiger partial charge in [0.05, 0.1) is 0 Å². The minimum Gasteiger partial charge on any atom is -0.489 e. The van der Waals surface area contributed by atoms with Gasteiger partial charge in [-0.15, -0.1) is 0 Å². The summed E-state index contributed by atoms with van der Waals surface area (Å²) in [5, 5.41) is 0. The van der Waals surface area contributed by atoms with Gasteiger partial charge in [-0.05, 0) is 62.8 Å². The zero-order chi connectivity index (χ0) is 23.8. The lowest BCUT2D eigenvalue weighted by Crippen LogP contribution is -2.37. The van der Waals surface area contributed by atoms with Crippen LogP contribution in [0.2, 0.25) is 0 Å². The molecule has 2 aromatic carbocycles. The van der Waals surface area contributed by atoms with Crippen LogP contribution in [0.5, 0.6) is 5.75 Å². The third-order valence-corrected chi connectivity index (χ3v) is 7.75. The lowest BCUT2D eigenvalue weighted by Gasteiger charge is -2.38. The normalized spacial score (nSPS) is 22.4. The maximum atomic E-state index is 6.38. The molecule has 35 heavy (non-hydrogen) atoms. The molecule has 6 rings (SSSR count). The number of nitrogen functional groups attached to an aromatic ring is 1. The van der Waals surface area contributed by atoms with Gasteiger partial charge in [0.15, 0.2) is 0 Å². The fraction of sp³-hybridized carbons (Fsp3) is 0.379. The van der Waals surface area contributed by atoms with Gasteiger partial charge in [-0.1, -0.05) is 42.5 Å². The van der Waals surface area contributed by atoms with Gasteiger partial charge in [-0.25, -0.2) is 9.97 Å². The molecule has 1 saturated heterocycles. The van der Waals surface area contributed by atoms with E-state index in [1.807, 2.05) is 36.5 Å². The maximum absolute atomic E-state index is 6.38. The van der Waals surface area contributed by atoms with E-state index in [9.17, 15) is 0 Å². The van der Waals surface area contributed by atoms with Crippen molar-refractivity contribution in [2.24, 2.45) is 5.92 Å². The molecule has 4 aromatic rings. The van der Waals surface area contributed by atoms with E-state index in [1.165, 1.54) is 38.8 Å². The number of nitrogens with two attached hydrogens (primary N) is 1. The average Bonchev–Trinajstić information content (AvgIpc) is 3.45. The predicted octanol–water partition coefficient (Wildman–Crippen LogP) is 5.54. The first-order valence-corrected chi connectivity index (χ1v) is 12.8. The summed E-state index contributed by atoms with van der Waals surface area (Å²) < 4.78 is 8.24. The number of benzene rings is 2. The van der Waals surface area contributed by atoms with Crippen molar-refractivity contribution in [1.82, 2.24) is 19.3 Å². The SMILES string of the molecule is CC1CCCN1CC1CC(c2nc(-c3cccc(OCc4ccccc4)c3)c3c(N)nccn23)C1. The number of likely N-dealkylation sites (tertiary alicyclic amines) is 1. The largest absolute Gasteiger partial charge is 0.489 e. The van der Waals surface area contributed by atoms with Crippen LogP contribution >= 0.6 is 0 Å². The second kappa shape index (κ2) is 9.34. The zero-order valence-electron chi connectivity index (χ0n) is 20.3. The molecule has 0 amide bonds. The quantitative estimate of drug-likeness (QED) is 0.387. The van der Waals surface area contributed by atoms with Gasteiger partial charge in [0.25, 0.3) is 0 Å². The Morgan fingerprint density at radius 2 is 1.94 bits per heavy atom. The maximum Gasteiger partial charge on any atom is 0.150 e. The summed E-state index contributed by atoms with van der Waals surface area (Å²) in [5.41, 5.74) is 10.3. The number of fused-ring (bicyclic) bond motifs is 1. The Bertz CT molecular complexity index is 1310. The molecule has 2 aromatic heterocycles. The van der Waals surface area contributed by atoms with Crippen LogP contribution in [0.15, 0.2) is 67.0 Å². The summed E-state index contributed by atoms with van der Waals surface area (Å²) in [5.74, 6) is 3.65. The molecule has 1 atom stereocenters. The van der Waals surface area contributed by atoms with Gasteiger partial charge in [0.2, 0.25) is 0 Å². The van der Waals surface area contributed by atoms with E-state index in [-0.39, 0.29) is 0 Å². The summed E-state index contributed by atoms with van der Waals surface area (Å²) in [4.78, 5) is 12.2. The number of nitrogens with zero attached hydrogens (tertiary/aromatic N) is 4. The number of aromatic nitrogens is 3. The first-order valence-electron chi connectivity index (χ1n) is 12.8. The second-order valence-corrected chi connectivity index (χ2v) is 10.2. The highest BCUT2D eigenvalue weighted by Crippen LogP contribution is 2.44. The van der Waals surface area contributed by atoms with Crippen LogP contribution in [0.4, 0.5) is 5.82 Å². The summed E-state index contributed by atoms with van der Waals surface area (Å²) in [7, 11) is 0. The van der Waals surface area contributed by atoms with Crippen LogP contribution in [0.3, 0.4) is 0 Å². The zero-order valence-corrected chi connectivity index (χ0v) is 20.3. The minimum absolute atomic E-state index is 0.457. The van der Waals surface area contributed by atoms with E-state index < -0.39 is 0 Å². The second-order valence-electron chi connectivity index (χ2n) is 10.2. The van der Waals surface area contributed by atoms with E-state index in [2.05, 4.69) is 45.5 Å². The van der Waals surface area contributed by atoms with E-state index >= 15 is 0 Å². The van der Waals surface area contributed by atoms with E-state index in [0.717, 1.165) is 45.9 Å². The molecular weight excluding hydrogens is 434 g/mol. The number of imidazole rings is 1. The number of anilines is 1. The molecule has 1 saturated carbocycles. The minimum atomic E-state index is 0.457. The Hall–Kier alpha value is -3.38. The Balaban J connectivity index is 1.24. The van der Waals surface area contributed by atoms with Crippen molar-refractivity contribution in [2.75, 3.05) is 18.8 Å². The molecule has 2 aliphatic rings. The lowest BCUT2D eigenvalue weighted by atomic mass is 9.74.